The SMILES string of the molecule is Cc1c(CCCc2ccc(C(=O)O)cc2)c2ccccc2n1C(c1ccccc1)c1ccccc1. The van der Waals surface area contributed by atoms with Crippen molar-refractivity contribution >= 4 is 16.9 Å². The number of para-hydroxylation sites is 1. The summed E-state index contributed by atoms with van der Waals surface area (Å²) < 4.78 is 2.50. The molecule has 0 aliphatic carbocycles. The van der Waals surface area contributed by atoms with E-state index in [1.807, 2.05) is 12.1 Å². The molecule has 0 aliphatic rings. The lowest BCUT2D eigenvalue weighted by Gasteiger charge is -2.23. The van der Waals surface area contributed by atoms with E-state index in [4.69, 9.17) is 5.11 Å². The number of aromatic nitrogens is 1. The fourth-order valence-electron chi connectivity index (χ4n) is 5.15. The molecule has 1 heterocycles. The van der Waals surface area contributed by atoms with Crippen LogP contribution in [0.5, 0.6) is 0 Å². The van der Waals surface area contributed by atoms with E-state index in [1.165, 1.54) is 38.9 Å². The summed E-state index contributed by atoms with van der Waals surface area (Å²) in [4.78, 5) is 11.1. The maximum Gasteiger partial charge on any atom is 0.335 e. The Hall–Kier alpha value is -4.11. The first kappa shape index (κ1) is 22.7. The molecule has 0 saturated heterocycles. The van der Waals surface area contributed by atoms with Crippen LogP contribution in [0.2, 0.25) is 0 Å². The Kier molecular flexibility index (Phi) is 6.49. The van der Waals surface area contributed by atoms with Gasteiger partial charge in [0.1, 0.15) is 0 Å². The molecule has 1 N–H and O–H groups in total. The van der Waals surface area contributed by atoms with E-state index in [0.29, 0.717) is 5.56 Å². The van der Waals surface area contributed by atoms with Crippen LogP contribution in [0.15, 0.2) is 109 Å². The van der Waals surface area contributed by atoms with Crippen LogP contribution < -0.4 is 0 Å². The van der Waals surface area contributed by atoms with Gasteiger partial charge in [0.2, 0.25) is 0 Å². The number of rotatable bonds is 8. The smallest absolute Gasteiger partial charge is 0.335 e. The van der Waals surface area contributed by atoms with Gasteiger partial charge in [0, 0.05) is 16.6 Å². The van der Waals surface area contributed by atoms with E-state index in [2.05, 4.69) is 96.4 Å². The number of hydrogen-bond donors (Lipinski definition) is 1. The molecule has 0 saturated carbocycles. The highest BCUT2D eigenvalue weighted by atomic mass is 16.4. The van der Waals surface area contributed by atoms with Gasteiger partial charge in [0.05, 0.1) is 11.6 Å². The molecule has 5 rings (SSSR count). The summed E-state index contributed by atoms with van der Waals surface area (Å²) in [6.07, 6.45) is 2.89. The molecule has 0 spiro atoms. The van der Waals surface area contributed by atoms with Crippen LogP contribution in [0.25, 0.3) is 10.9 Å². The molecule has 4 aromatic carbocycles. The molecular weight excluding hydrogens is 430 g/mol. The molecule has 0 atom stereocenters. The van der Waals surface area contributed by atoms with E-state index >= 15 is 0 Å². The molecule has 0 fully saturated rings. The van der Waals surface area contributed by atoms with Crippen molar-refractivity contribution in [1.82, 2.24) is 4.57 Å². The second-order valence-corrected chi connectivity index (χ2v) is 9.03. The molecule has 5 aromatic rings. The number of carbonyl (C=O) groups is 1. The van der Waals surface area contributed by atoms with Crippen LogP contribution >= 0.6 is 0 Å². The average molecular weight is 460 g/mol. The summed E-state index contributed by atoms with van der Waals surface area (Å²) in [6.45, 7) is 2.25. The molecule has 1 aromatic heterocycles. The third kappa shape index (κ3) is 4.63. The minimum atomic E-state index is -0.883. The molecule has 174 valence electrons. The molecule has 35 heavy (non-hydrogen) atoms. The van der Waals surface area contributed by atoms with E-state index in [9.17, 15) is 4.79 Å². The van der Waals surface area contributed by atoms with Crippen molar-refractivity contribution in [1.29, 1.82) is 0 Å². The van der Waals surface area contributed by atoms with Crippen molar-refractivity contribution in [2.24, 2.45) is 0 Å². The standard InChI is InChI=1S/C32H29NO2/c1-23-28(17-10-11-24-19-21-27(22-20-24)32(34)35)29-16-8-9-18-30(29)33(23)31(25-12-4-2-5-13-25)26-14-6-3-7-15-26/h2-9,12-16,18-22,31H,10-11,17H2,1H3,(H,34,35). The minimum Gasteiger partial charge on any atom is -0.478 e. The zero-order chi connectivity index (χ0) is 24.2. The molecule has 3 heteroatoms. The zero-order valence-electron chi connectivity index (χ0n) is 19.9. The molecule has 0 amide bonds. The molecule has 3 nitrogen and oxygen atoms in total. The summed E-state index contributed by atoms with van der Waals surface area (Å²) in [5.74, 6) is -0.883. The molecule has 0 unspecified atom stereocenters. The monoisotopic (exact) mass is 459 g/mol. The van der Waals surface area contributed by atoms with Crippen molar-refractivity contribution < 1.29 is 9.90 Å². The predicted octanol–water partition coefficient (Wildman–Crippen LogP) is 7.46. The van der Waals surface area contributed by atoms with Crippen LogP contribution in [-0.4, -0.2) is 15.6 Å². The number of hydrogen-bond acceptors (Lipinski definition) is 1. The van der Waals surface area contributed by atoms with Gasteiger partial charge in [-0.1, -0.05) is 91.0 Å². The van der Waals surface area contributed by atoms with Crippen molar-refractivity contribution in [2.75, 3.05) is 0 Å². The number of carboxylic acids is 1. The number of nitrogens with zero attached hydrogens (tertiary/aromatic N) is 1. The summed E-state index contributed by atoms with van der Waals surface area (Å²) in [7, 11) is 0. The maximum atomic E-state index is 11.1. The van der Waals surface area contributed by atoms with Crippen molar-refractivity contribution in [3.8, 4) is 0 Å². The Labute approximate surface area is 206 Å². The number of fused-ring (bicyclic) bond motifs is 1. The third-order valence-electron chi connectivity index (χ3n) is 6.87. The fourth-order valence-corrected chi connectivity index (χ4v) is 5.15. The summed E-state index contributed by atoms with van der Waals surface area (Å²) in [5, 5.41) is 10.4. The van der Waals surface area contributed by atoms with Crippen LogP contribution in [0, 0.1) is 6.92 Å². The van der Waals surface area contributed by atoms with Crippen molar-refractivity contribution in [3.63, 3.8) is 0 Å². The number of benzene rings is 4. The quantitative estimate of drug-likeness (QED) is 0.262. The fraction of sp³-hybridized carbons (Fsp3) is 0.156. The number of aromatic carboxylic acids is 1. The number of aryl methyl sites for hydroxylation is 2. The normalized spacial score (nSPS) is 11.3. The summed E-state index contributed by atoms with van der Waals surface area (Å²) in [6, 6.07) is 37.5. The van der Waals surface area contributed by atoms with E-state index in [-0.39, 0.29) is 6.04 Å². The minimum absolute atomic E-state index is 0.0969. The Morgan fingerprint density at radius 3 is 1.91 bits per heavy atom. The van der Waals surface area contributed by atoms with Crippen molar-refractivity contribution in [2.45, 2.75) is 32.2 Å². The first-order valence-corrected chi connectivity index (χ1v) is 12.1. The van der Waals surface area contributed by atoms with E-state index in [1.54, 1.807) is 12.1 Å². The lowest BCUT2D eigenvalue weighted by molar-refractivity contribution is 0.0697. The van der Waals surface area contributed by atoms with Crippen LogP contribution in [-0.2, 0) is 12.8 Å². The second kappa shape index (κ2) is 10.0. The van der Waals surface area contributed by atoms with E-state index < -0.39 is 5.97 Å². The third-order valence-corrected chi connectivity index (χ3v) is 6.87. The summed E-state index contributed by atoms with van der Waals surface area (Å²) >= 11 is 0. The van der Waals surface area contributed by atoms with Gasteiger partial charge in [-0.15, -0.1) is 0 Å². The van der Waals surface area contributed by atoms with Gasteiger partial charge in [0.15, 0.2) is 0 Å². The van der Waals surface area contributed by atoms with Gasteiger partial charge in [0.25, 0.3) is 0 Å². The van der Waals surface area contributed by atoms with E-state index in [0.717, 1.165) is 19.3 Å². The van der Waals surface area contributed by atoms with Gasteiger partial charge in [-0.3, -0.25) is 0 Å². The van der Waals surface area contributed by atoms with Crippen LogP contribution in [0.1, 0.15) is 50.8 Å². The topological polar surface area (TPSA) is 42.2 Å². The first-order chi connectivity index (χ1) is 17.1. The van der Waals surface area contributed by atoms with Gasteiger partial charge in [-0.25, -0.2) is 4.79 Å². The lowest BCUT2D eigenvalue weighted by Crippen LogP contribution is -2.14. The Bertz CT molecular complexity index is 1390. The molecule has 0 radical (unpaired) electrons. The van der Waals surface area contributed by atoms with Gasteiger partial charge in [-0.05, 0) is 66.6 Å². The largest absolute Gasteiger partial charge is 0.478 e. The molecule has 0 aliphatic heterocycles. The highest BCUT2D eigenvalue weighted by molar-refractivity contribution is 5.87. The average Bonchev–Trinajstić information content (AvgIpc) is 3.17. The molecule has 0 bridgehead atoms. The van der Waals surface area contributed by atoms with Crippen molar-refractivity contribution in [3.05, 3.63) is 143 Å². The molecular formula is C32H29NO2. The highest BCUT2D eigenvalue weighted by Gasteiger charge is 2.23. The second-order valence-electron chi connectivity index (χ2n) is 9.03. The zero-order valence-corrected chi connectivity index (χ0v) is 19.9. The summed E-state index contributed by atoms with van der Waals surface area (Å²) in [5.41, 5.74) is 7.98. The maximum absolute atomic E-state index is 11.1. The Morgan fingerprint density at radius 2 is 1.31 bits per heavy atom. The van der Waals surface area contributed by atoms with Gasteiger partial charge >= 0.3 is 5.97 Å². The Morgan fingerprint density at radius 1 is 0.743 bits per heavy atom. The highest BCUT2D eigenvalue weighted by Crippen LogP contribution is 2.36. The first-order valence-electron chi connectivity index (χ1n) is 12.1. The van der Waals surface area contributed by atoms with Crippen LogP contribution in [0.4, 0.5) is 0 Å². The Balaban J connectivity index is 1.51. The lowest BCUT2D eigenvalue weighted by atomic mass is 9.98. The van der Waals surface area contributed by atoms with Gasteiger partial charge < -0.3 is 9.67 Å². The van der Waals surface area contributed by atoms with Crippen LogP contribution in [0.3, 0.4) is 0 Å². The van der Waals surface area contributed by atoms with Gasteiger partial charge in [-0.2, -0.15) is 0 Å². The number of carboxylic acid groups (broad SMARTS) is 1. The predicted molar refractivity (Wildman–Crippen MR) is 142 cm³/mol.